The van der Waals surface area contributed by atoms with E-state index in [1.165, 1.54) is 0 Å². The number of rotatable bonds is 3. The third-order valence-corrected chi connectivity index (χ3v) is 9.64. The number of hydrogen-bond donors (Lipinski definition) is 0. The fraction of sp³-hybridized carbons (Fsp3) is 0.944. The average Bonchev–Trinajstić information content (AvgIpc) is 2.58. The second-order valence-corrected chi connectivity index (χ2v) is 14.7. The molecule has 0 aliphatic carbocycles. The molecule has 0 N–H and O–H groups in total. The van der Waals surface area contributed by atoms with Crippen molar-refractivity contribution in [1.82, 2.24) is 4.90 Å². The van der Waals surface area contributed by atoms with E-state index >= 15 is 0 Å². The molecule has 1 aliphatic heterocycles. The van der Waals surface area contributed by atoms with Gasteiger partial charge in [-0.25, -0.2) is 4.79 Å². The van der Waals surface area contributed by atoms with Crippen molar-refractivity contribution in [3.63, 3.8) is 0 Å². The number of amides is 1. The molecule has 1 fully saturated rings. The Hall–Kier alpha value is -0.553. The monoisotopic (exact) mass is 343 g/mol. The van der Waals surface area contributed by atoms with E-state index in [1.54, 1.807) is 0 Å². The summed E-state index contributed by atoms with van der Waals surface area (Å²) < 4.78 is 12.0. The zero-order chi connectivity index (χ0) is 18.3. The number of carbonyl (C=O) groups excluding carboxylic acids is 1. The van der Waals surface area contributed by atoms with E-state index in [4.69, 9.17) is 9.16 Å². The highest BCUT2D eigenvalue weighted by Crippen LogP contribution is 2.39. The third kappa shape index (κ3) is 5.21. The van der Waals surface area contributed by atoms with E-state index in [-0.39, 0.29) is 22.7 Å². The Morgan fingerprint density at radius 3 is 2.13 bits per heavy atom. The van der Waals surface area contributed by atoms with Crippen molar-refractivity contribution >= 4 is 14.4 Å². The standard InChI is InChI=1S/C18H37NO3Si/c1-16(2,3)22-15(20)19-14(11-12-18(19,7)8)13-21-23(9,10)17(4,5)6/h14H,11-13H2,1-10H3/t14-/m1/s1. The van der Waals surface area contributed by atoms with Crippen molar-refractivity contribution in [2.75, 3.05) is 6.61 Å². The van der Waals surface area contributed by atoms with Crippen LogP contribution in [0.1, 0.15) is 68.2 Å². The summed E-state index contributed by atoms with van der Waals surface area (Å²) in [5.74, 6) is 0. The van der Waals surface area contributed by atoms with E-state index < -0.39 is 13.9 Å². The quantitative estimate of drug-likeness (QED) is 0.662. The first-order chi connectivity index (χ1) is 10.1. The zero-order valence-electron chi connectivity index (χ0n) is 16.9. The number of likely N-dealkylation sites (tertiary alicyclic amines) is 1. The van der Waals surface area contributed by atoms with Crippen LogP contribution in [-0.2, 0) is 9.16 Å². The Morgan fingerprint density at radius 1 is 1.17 bits per heavy atom. The van der Waals surface area contributed by atoms with Crippen LogP contribution in [0, 0.1) is 0 Å². The number of ether oxygens (including phenoxy) is 1. The molecule has 1 amide bonds. The number of carbonyl (C=O) groups is 1. The van der Waals surface area contributed by atoms with Gasteiger partial charge in [-0.3, -0.25) is 4.90 Å². The van der Waals surface area contributed by atoms with Gasteiger partial charge in [-0.05, 0) is 65.6 Å². The predicted molar refractivity (Wildman–Crippen MR) is 98.3 cm³/mol. The maximum Gasteiger partial charge on any atom is 0.411 e. The van der Waals surface area contributed by atoms with Gasteiger partial charge < -0.3 is 9.16 Å². The number of hydrogen-bond acceptors (Lipinski definition) is 3. The lowest BCUT2D eigenvalue weighted by molar-refractivity contribution is -0.00167. The molecule has 4 nitrogen and oxygen atoms in total. The molecule has 0 saturated carbocycles. The molecule has 0 aromatic carbocycles. The molecule has 1 aliphatic rings. The average molecular weight is 344 g/mol. The molecule has 0 aromatic heterocycles. The van der Waals surface area contributed by atoms with Crippen molar-refractivity contribution in [1.29, 1.82) is 0 Å². The summed E-state index contributed by atoms with van der Waals surface area (Å²) in [5, 5.41) is 0.178. The predicted octanol–water partition coefficient (Wildman–Crippen LogP) is 5.19. The molecule has 0 aromatic rings. The van der Waals surface area contributed by atoms with E-state index in [1.807, 2.05) is 25.7 Å². The van der Waals surface area contributed by atoms with Crippen molar-refractivity contribution in [2.24, 2.45) is 0 Å². The van der Waals surface area contributed by atoms with Crippen LogP contribution in [0.25, 0.3) is 0 Å². The summed E-state index contributed by atoms with van der Waals surface area (Å²) in [7, 11) is -1.81. The fourth-order valence-electron chi connectivity index (χ4n) is 2.65. The Labute approximate surface area is 144 Å². The molecule has 5 heteroatoms. The molecule has 0 radical (unpaired) electrons. The lowest BCUT2D eigenvalue weighted by Gasteiger charge is -2.40. The molecular weight excluding hydrogens is 306 g/mol. The van der Waals surface area contributed by atoms with Crippen LogP contribution in [-0.4, -0.2) is 43.1 Å². The molecule has 0 unspecified atom stereocenters. The minimum absolute atomic E-state index is 0.106. The molecule has 0 spiro atoms. The van der Waals surface area contributed by atoms with Gasteiger partial charge in [0.1, 0.15) is 5.60 Å². The molecule has 136 valence electrons. The molecule has 0 bridgehead atoms. The minimum Gasteiger partial charge on any atom is -0.444 e. The Morgan fingerprint density at radius 2 is 1.70 bits per heavy atom. The maximum atomic E-state index is 12.7. The van der Waals surface area contributed by atoms with Crippen LogP contribution in [0.5, 0.6) is 0 Å². The highest BCUT2D eigenvalue weighted by atomic mass is 28.4. The summed E-state index contributed by atoms with van der Waals surface area (Å²) in [6, 6.07) is 0.106. The van der Waals surface area contributed by atoms with Gasteiger partial charge in [0, 0.05) is 5.54 Å². The second-order valence-electron chi connectivity index (χ2n) is 9.93. The SMILES string of the molecule is CC(C)(C)OC(=O)N1[C@@H](CO[Si](C)(C)C(C)(C)C)CCC1(C)C. The van der Waals surface area contributed by atoms with Crippen LogP contribution in [0.4, 0.5) is 4.79 Å². The Kier molecular flexibility index (Phi) is 5.70. The molecule has 1 heterocycles. The minimum atomic E-state index is -1.81. The summed E-state index contributed by atoms with van der Waals surface area (Å²) in [6.07, 6.45) is 1.74. The van der Waals surface area contributed by atoms with Gasteiger partial charge in [-0.15, -0.1) is 0 Å². The van der Waals surface area contributed by atoms with Gasteiger partial charge in [0.05, 0.1) is 12.6 Å². The van der Waals surface area contributed by atoms with E-state index in [0.29, 0.717) is 6.61 Å². The van der Waals surface area contributed by atoms with E-state index in [9.17, 15) is 4.79 Å². The first-order valence-electron chi connectivity index (χ1n) is 8.73. The molecule has 23 heavy (non-hydrogen) atoms. The summed E-state index contributed by atoms with van der Waals surface area (Å²) in [5.41, 5.74) is -0.648. The van der Waals surface area contributed by atoms with Crippen LogP contribution < -0.4 is 0 Å². The number of nitrogens with zero attached hydrogens (tertiary/aromatic N) is 1. The summed E-state index contributed by atoms with van der Waals surface area (Å²) in [4.78, 5) is 14.6. The Balaban J connectivity index is 2.84. The zero-order valence-corrected chi connectivity index (χ0v) is 17.9. The summed E-state index contributed by atoms with van der Waals surface area (Å²) in [6.45, 7) is 21.8. The van der Waals surface area contributed by atoms with Gasteiger partial charge in [0.2, 0.25) is 0 Å². The fourth-order valence-corrected chi connectivity index (χ4v) is 3.69. The van der Waals surface area contributed by atoms with Crippen molar-refractivity contribution < 1.29 is 14.0 Å². The third-order valence-electron chi connectivity index (χ3n) is 5.14. The van der Waals surface area contributed by atoms with Crippen molar-refractivity contribution in [2.45, 2.75) is 104 Å². The highest BCUT2D eigenvalue weighted by Gasteiger charge is 2.46. The van der Waals surface area contributed by atoms with Gasteiger partial charge in [0.15, 0.2) is 8.32 Å². The molecular formula is C18H37NO3Si. The van der Waals surface area contributed by atoms with Crippen LogP contribution in [0.15, 0.2) is 0 Å². The maximum absolute atomic E-state index is 12.7. The van der Waals surface area contributed by atoms with Crippen molar-refractivity contribution in [3.05, 3.63) is 0 Å². The van der Waals surface area contributed by atoms with Gasteiger partial charge in [-0.1, -0.05) is 20.8 Å². The summed E-state index contributed by atoms with van der Waals surface area (Å²) >= 11 is 0. The smallest absolute Gasteiger partial charge is 0.411 e. The van der Waals surface area contributed by atoms with Gasteiger partial charge in [-0.2, -0.15) is 0 Å². The molecule has 1 rings (SSSR count). The Bertz CT molecular complexity index is 433. The molecule has 1 atom stereocenters. The van der Waals surface area contributed by atoms with E-state index in [0.717, 1.165) is 12.8 Å². The normalized spacial score (nSPS) is 22.3. The largest absolute Gasteiger partial charge is 0.444 e. The van der Waals surface area contributed by atoms with Gasteiger partial charge >= 0.3 is 6.09 Å². The topological polar surface area (TPSA) is 38.8 Å². The highest BCUT2D eigenvalue weighted by molar-refractivity contribution is 6.74. The van der Waals surface area contributed by atoms with Gasteiger partial charge in [0.25, 0.3) is 0 Å². The molecule has 1 saturated heterocycles. The lowest BCUT2D eigenvalue weighted by Crippen LogP contribution is -2.52. The van der Waals surface area contributed by atoms with Crippen LogP contribution >= 0.6 is 0 Å². The first kappa shape index (κ1) is 20.5. The van der Waals surface area contributed by atoms with E-state index in [2.05, 4.69) is 47.7 Å². The van der Waals surface area contributed by atoms with Crippen LogP contribution in [0.2, 0.25) is 18.1 Å². The lowest BCUT2D eigenvalue weighted by atomic mass is 10.0. The second kappa shape index (κ2) is 6.39. The van der Waals surface area contributed by atoms with Crippen molar-refractivity contribution in [3.8, 4) is 0 Å². The van der Waals surface area contributed by atoms with Crippen LogP contribution in [0.3, 0.4) is 0 Å². The first-order valence-corrected chi connectivity index (χ1v) is 11.6.